The van der Waals surface area contributed by atoms with Crippen molar-refractivity contribution in [2.75, 3.05) is 39.0 Å². The third-order valence-electron chi connectivity index (χ3n) is 2.82. The molecule has 2 N–H and O–H groups in total. The second-order valence-electron chi connectivity index (χ2n) is 4.98. The number of unbranched alkanes of at least 4 members (excludes halogenated alkanes) is 2. The first-order chi connectivity index (χ1) is 9.63. The van der Waals surface area contributed by atoms with Gasteiger partial charge in [-0.25, -0.2) is 9.97 Å². The van der Waals surface area contributed by atoms with Gasteiger partial charge in [0.1, 0.15) is 11.5 Å². The van der Waals surface area contributed by atoms with Crippen LogP contribution in [0.25, 0.3) is 0 Å². The molecule has 20 heavy (non-hydrogen) atoms. The van der Waals surface area contributed by atoms with Gasteiger partial charge >= 0.3 is 0 Å². The molecular weight excluding hydrogens is 254 g/mol. The highest BCUT2D eigenvalue weighted by molar-refractivity contribution is 5.91. The normalized spacial score (nSPS) is 10.6. The lowest BCUT2D eigenvalue weighted by Gasteiger charge is -2.10. The molecule has 0 saturated carbocycles. The molecule has 0 aromatic carbocycles. The third-order valence-corrected chi connectivity index (χ3v) is 2.82. The largest absolute Gasteiger partial charge is 0.368 e. The molecule has 0 bridgehead atoms. The lowest BCUT2D eigenvalue weighted by atomic mass is 10.2. The van der Waals surface area contributed by atoms with E-state index in [9.17, 15) is 4.79 Å². The highest BCUT2D eigenvalue weighted by atomic mass is 16.1. The van der Waals surface area contributed by atoms with Crippen molar-refractivity contribution < 1.29 is 4.79 Å². The summed E-state index contributed by atoms with van der Waals surface area (Å²) >= 11 is 0. The highest BCUT2D eigenvalue weighted by Crippen LogP contribution is 2.01. The van der Waals surface area contributed by atoms with Gasteiger partial charge in [-0.3, -0.25) is 4.79 Å². The number of hydrogen-bond donors (Lipinski definition) is 2. The van der Waals surface area contributed by atoms with Crippen molar-refractivity contribution in [2.45, 2.75) is 26.2 Å². The number of rotatable bonds is 9. The molecule has 0 aliphatic heterocycles. The summed E-state index contributed by atoms with van der Waals surface area (Å²) in [5.74, 6) is 0.530. The molecule has 1 amide bonds. The predicted molar refractivity (Wildman–Crippen MR) is 80.9 cm³/mol. The van der Waals surface area contributed by atoms with E-state index < -0.39 is 0 Å². The number of nitrogens with one attached hydrogen (secondary N) is 2. The van der Waals surface area contributed by atoms with Crippen LogP contribution in [0.3, 0.4) is 0 Å². The van der Waals surface area contributed by atoms with Crippen molar-refractivity contribution in [3.8, 4) is 0 Å². The Morgan fingerprint density at radius 3 is 2.60 bits per heavy atom. The maximum absolute atomic E-state index is 11.8. The zero-order valence-electron chi connectivity index (χ0n) is 12.6. The van der Waals surface area contributed by atoms with E-state index in [4.69, 9.17) is 0 Å². The maximum atomic E-state index is 11.8. The number of amides is 1. The molecule has 112 valence electrons. The smallest absolute Gasteiger partial charge is 0.271 e. The van der Waals surface area contributed by atoms with Gasteiger partial charge in [-0.05, 0) is 20.5 Å². The van der Waals surface area contributed by atoms with E-state index in [0.717, 1.165) is 32.4 Å². The van der Waals surface area contributed by atoms with Crippen molar-refractivity contribution in [3.63, 3.8) is 0 Å². The van der Waals surface area contributed by atoms with Crippen molar-refractivity contribution >= 4 is 11.7 Å². The zero-order chi connectivity index (χ0) is 14.8. The zero-order valence-corrected chi connectivity index (χ0v) is 12.6. The number of nitrogens with zero attached hydrogens (tertiary/aromatic N) is 3. The van der Waals surface area contributed by atoms with E-state index >= 15 is 0 Å². The van der Waals surface area contributed by atoms with Crippen LogP contribution in [0.1, 0.15) is 36.7 Å². The van der Waals surface area contributed by atoms with E-state index in [-0.39, 0.29) is 5.91 Å². The topological polar surface area (TPSA) is 70.2 Å². The fourth-order valence-electron chi connectivity index (χ4n) is 1.61. The lowest BCUT2D eigenvalue weighted by molar-refractivity contribution is 0.0947. The summed E-state index contributed by atoms with van der Waals surface area (Å²) < 4.78 is 0. The van der Waals surface area contributed by atoms with Crippen molar-refractivity contribution in [1.82, 2.24) is 20.2 Å². The summed E-state index contributed by atoms with van der Waals surface area (Å²) in [6.45, 7) is 4.54. The van der Waals surface area contributed by atoms with E-state index in [1.165, 1.54) is 6.20 Å². The minimum absolute atomic E-state index is 0.159. The summed E-state index contributed by atoms with van der Waals surface area (Å²) in [4.78, 5) is 22.2. The first kappa shape index (κ1) is 16.4. The number of aromatic nitrogens is 2. The Bertz CT molecular complexity index is 391. The number of carbonyl (C=O) groups excluding carboxylic acids is 1. The van der Waals surface area contributed by atoms with Crippen LogP contribution >= 0.6 is 0 Å². The Kier molecular flexibility index (Phi) is 7.57. The summed E-state index contributed by atoms with van der Waals surface area (Å²) in [6, 6.07) is 0. The molecule has 0 unspecified atom stereocenters. The van der Waals surface area contributed by atoms with E-state index in [1.54, 1.807) is 6.20 Å². The predicted octanol–water partition coefficient (Wildman–Crippen LogP) is 1.37. The third kappa shape index (κ3) is 6.47. The van der Waals surface area contributed by atoms with Crippen LogP contribution in [0.2, 0.25) is 0 Å². The standard InChI is InChI=1S/C14H25N5O/c1-4-5-6-7-16-14(20)12-10-18-13(11-17-12)15-8-9-19(2)3/h10-11H,4-9H2,1-3H3,(H,15,18)(H,16,20). The van der Waals surface area contributed by atoms with Crippen molar-refractivity contribution in [2.24, 2.45) is 0 Å². The fourth-order valence-corrected chi connectivity index (χ4v) is 1.61. The van der Waals surface area contributed by atoms with Gasteiger partial charge in [0.05, 0.1) is 12.4 Å². The fraction of sp³-hybridized carbons (Fsp3) is 0.643. The van der Waals surface area contributed by atoms with Crippen LogP contribution in [-0.2, 0) is 0 Å². The molecule has 0 spiro atoms. The lowest BCUT2D eigenvalue weighted by Crippen LogP contribution is -2.25. The highest BCUT2D eigenvalue weighted by Gasteiger charge is 2.06. The van der Waals surface area contributed by atoms with Gasteiger partial charge in [0.25, 0.3) is 5.91 Å². The van der Waals surface area contributed by atoms with E-state index in [0.29, 0.717) is 18.1 Å². The molecule has 6 nitrogen and oxygen atoms in total. The summed E-state index contributed by atoms with van der Waals surface area (Å²) in [5, 5.41) is 6.00. The quantitative estimate of drug-likeness (QED) is 0.668. The molecule has 6 heteroatoms. The molecule has 1 aromatic heterocycles. The molecule has 0 radical (unpaired) electrons. The number of anilines is 1. The van der Waals surface area contributed by atoms with Gasteiger partial charge in [-0.15, -0.1) is 0 Å². The SMILES string of the molecule is CCCCCNC(=O)c1cnc(NCCN(C)C)cn1. The molecule has 0 fully saturated rings. The first-order valence-electron chi connectivity index (χ1n) is 7.12. The molecule has 0 atom stereocenters. The van der Waals surface area contributed by atoms with Gasteiger partial charge < -0.3 is 15.5 Å². The summed E-state index contributed by atoms with van der Waals surface area (Å²) in [7, 11) is 4.03. The monoisotopic (exact) mass is 279 g/mol. The second kappa shape index (κ2) is 9.25. The molecule has 0 aliphatic rings. The van der Waals surface area contributed by atoms with Crippen LogP contribution in [0, 0.1) is 0 Å². The molecule has 0 aliphatic carbocycles. The van der Waals surface area contributed by atoms with Gasteiger partial charge in [0, 0.05) is 19.6 Å². The molecular formula is C14H25N5O. The maximum Gasteiger partial charge on any atom is 0.271 e. The van der Waals surface area contributed by atoms with Crippen LogP contribution in [0.15, 0.2) is 12.4 Å². The van der Waals surface area contributed by atoms with Crippen molar-refractivity contribution in [3.05, 3.63) is 18.1 Å². The van der Waals surface area contributed by atoms with E-state index in [2.05, 4.69) is 32.4 Å². The van der Waals surface area contributed by atoms with Crippen LogP contribution < -0.4 is 10.6 Å². The molecule has 1 heterocycles. The first-order valence-corrected chi connectivity index (χ1v) is 7.12. The minimum Gasteiger partial charge on any atom is -0.368 e. The Morgan fingerprint density at radius 2 is 2.00 bits per heavy atom. The molecule has 1 aromatic rings. The Labute approximate surface area is 121 Å². The van der Waals surface area contributed by atoms with Crippen LogP contribution in [0.4, 0.5) is 5.82 Å². The van der Waals surface area contributed by atoms with Crippen LogP contribution in [0.5, 0.6) is 0 Å². The van der Waals surface area contributed by atoms with Gasteiger partial charge in [0.15, 0.2) is 0 Å². The number of likely N-dealkylation sites (N-methyl/N-ethyl adjacent to an activating group) is 1. The number of carbonyl (C=O) groups is 1. The summed E-state index contributed by atoms with van der Waals surface area (Å²) in [6.07, 6.45) is 6.37. The Morgan fingerprint density at radius 1 is 1.20 bits per heavy atom. The molecule has 0 saturated heterocycles. The van der Waals surface area contributed by atoms with Gasteiger partial charge in [0.2, 0.25) is 0 Å². The van der Waals surface area contributed by atoms with Crippen LogP contribution in [-0.4, -0.2) is 54.5 Å². The average Bonchev–Trinajstić information content (AvgIpc) is 2.44. The average molecular weight is 279 g/mol. The number of hydrogen-bond acceptors (Lipinski definition) is 5. The Balaban J connectivity index is 2.35. The minimum atomic E-state index is -0.159. The van der Waals surface area contributed by atoms with E-state index in [1.807, 2.05) is 14.1 Å². The molecule has 1 rings (SSSR count). The van der Waals surface area contributed by atoms with Gasteiger partial charge in [-0.2, -0.15) is 0 Å². The Hall–Kier alpha value is -1.69. The second-order valence-corrected chi connectivity index (χ2v) is 4.98. The van der Waals surface area contributed by atoms with Crippen molar-refractivity contribution in [1.29, 1.82) is 0 Å². The van der Waals surface area contributed by atoms with Gasteiger partial charge in [-0.1, -0.05) is 19.8 Å². The summed E-state index contributed by atoms with van der Waals surface area (Å²) in [5.41, 5.74) is 0.361.